The summed E-state index contributed by atoms with van der Waals surface area (Å²) in [5, 5.41) is 6.17. The number of nitrogens with one attached hydrogen (secondary N) is 3. The van der Waals surface area contributed by atoms with Crippen molar-refractivity contribution in [3.8, 4) is 0 Å². The van der Waals surface area contributed by atoms with Crippen LogP contribution in [0.4, 0.5) is 5.69 Å². The maximum Gasteiger partial charge on any atom is 0.310 e. The average molecular weight is 393 g/mol. The predicted octanol–water partition coefficient (Wildman–Crippen LogP) is 2.63. The number of fused-ring (bicyclic) bond motifs is 1. The maximum absolute atomic E-state index is 12.1. The average Bonchev–Trinajstić information content (AvgIpc) is 3.10. The molecule has 0 radical (unpaired) electrons. The molecule has 0 aliphatic rings. The van der Waals surface area contributed by atoms with Crippen LogP contribution in [0.15, 0.2) is 48.7 Å². The van der Waals surface area contributed by atoms with E-state index >= 15 is 0 Å². The van der Waals surface area contributed by atoms with Gasteiger partial charge >= 0.3 is 5.97 Å². The molecule has 2 amide bonds. The van der Waals surface area contributed by atoms with Crippen LogP contribution in [0.25, 0.3) is 10.9 Å². The van der Waals surface area contributed by atoms with Crippen molar-refractivity contribution >= 4 is 34.4 Å². The van der Waals surface area contributed by atoms with E-state index in [1.165, 1.54) is 0 Å². The van der Waals surface area contributed by atoms with Gasteiger partial charge in [0, 0.05) is 22.8 Å². The molecule has 3 aromatic rings. The molecule has 0 aliphatic carbocycles. The summed E-state index contributed by atoms with van der Waals surface area (Å²) in [7, 11) is 0. The zero-order valence-electron chi connectivity index (χ0n) is 16.4. The van der Waals surface area contributed by atoms with Crippen LogP contribution in [-0.4, -0.2) is 35.9 Å². The first-order valence-corrected chi connectivity index (χ1v) is 9.27. The number of anilines is 1. The largest absolute Gasteiger partial charge is 0.455 e. The van der Waals surface area contributed by atoms with Gasteiger partial charge in [0.05, 0.1) is 13.0 Å². The van der Waals surface area contributed by atoms with Crippen LogP contribution < -0.4 is 10.6 Å². The van der Waals surface area contributed by atoms with Crippen LogP contribution >= 0.6 is 0 Å². The van der Waals surface area contributed by atoms with E-state index in [1.807, 2.05) is 56.3 Å². The Morgan fingerprint density at radius 1 is 0.966 bits per heavy atom. The monoisotopic (exact) mass is 393 g/mol. The Labute approximate surface area is 168 Å². The molecule has 0 atom stereocenters. The zero-order valence-corrected chi connectivity index (χ0v) is 16.4. The number of hydrogen-bond donors (Lipinski definition) is 3. The number of aromatic nitrogens is 1. The summed E-state index contributed by atoms with van der Waals surface area (Å²) in [4.78, 5) is 39.0. The molecule has 0 saturated heterocycles. The third-order valence-electron chi connectivity index (χ3n) is 4.57. The minimum Gasteiger partial charge on any atom is -0.455 e. The molecule has 0 bridgehead atoms. The topological polar surface area (TPSA) is 100 Å². The van der Waals surface area contributed by atoms with Crippen molar-refractivity contribution in [2.24, 2.45) is 0 Å². The third kappa shape index (κ3) is 5.22. The van der Waals surface area contributed by atoms with E-state index in [0.29, 0.717) is 0 Å². The van der Waals surface area contributed by atoms with Crippen molar-refractivity contribution < 1.29 is 19.1 Å². The molecular weight excluding hydrogens is 370 g/mol. The van der Waals surface area contributed by atoms with Gasteiger partial charge in [-0.05, 0) is 36.6 Å². The quantitative estimate of drug-likeness (QED) is 0.537. The van der Waals surface area contributed by atoms with Gasteiger partial charge in [-0.25, -0.2) is 0 Å². The molecule has 0 unspecified atom stereocenters. The number of esters is 1. The highest BCUT2D eigenvalue weighted by Crippen LogP contribution is 2.19. The summed E-state index contributed by atoms with van der Waals surface area (Å²) in [5.41, 5.74) is 4.35. The molecule has 2 aromatic carbocycles. The third-order valence-corrected chi connectivity index (χ3v) is 4.57. The lowest BCUT2D eigenvalue weighted by Crippen LogP contribution is -2.35. The molecule has 0 spiro atoms. The van der Waals surface area contributed by atoms with Gasteiger partial charge in [0.25, 0.3) is 5.91 Å². The summed E-state index contributed by atoms with van der Waals surface area (Å²) in [6, 6.07) is 13.3. The summed E-state index contributed by atoms with van der Waals surface area (Å²) in [6.07, 6.45) is 1.81. The van der Waals surface area contributed by atoms with Gasteiger partial charge in [-0.3, -0.25) is 14.4 Å². The van der Waals surface area contributed by atoms with Crippen LogP contribution in [0.5, 0.6) is 0 Å². The maximum atomic E-state index is 12.1. The van der Waals surface area contributed by atoms with Crippen LogP contribution in [-0.2, 0) is 25.5 Å². The lowest BCUT2D eigenvalue weighted by molar-refractivity contribution is -0.147. The van der Waals surface area contributed by atoms with Crippen LogP contribution in [0.3, 0.4) is 0 Å². The molecule has 1 aromatic heterocycles. The van der Waals surface area contributed by atoms with E-state index in [1.54, 1.807) is 6.20 Å². The van der Waals surface area contributed by atoms with Gasteiger partial charge in [-0.15, -0.1) is 0 Å². The minimum absolute atomic E-state index is 0.0599. The Balaban J connectivity index is 1.42. The van der Waals surface area contributed by atoms with Crippen LogP contribution in [0.1, 0.15) is 16.7 Å². The number of hydrogen-bond acceptors (Lipinski definition) is 4. The first-order chi connectivity index (χ1) is 13.9. The van der Waals surface area contributed by atoms with E-state index in [9.17, 15) is 14.4 Å². The number of amides is 2. The Morgan fingerprint density at radius 3 is 2.45 bits per heavy atom. The minimum atomic E-state index is -0.533. The lowest BCUT2D eigenvalue weighted by Gasteiger charge is -2.12. The van der Waals surface area contributed by atoms with Crippen LogP contribution in [0.2, 0.25) is 0 Å². The van der Waals surface area contributed by atoms with Crippen molar-refractivity contribution in [2.45, 2.75) is 20.3 Å². The van der Waals surface area contributed by atoms with Gasteiger partial charge in [0.1, 0.15) is 0 Å². The van der Waals surface area contributed by atoms with Crippen molar-refractivity contribution in [3.05, 3.63) is 65.4 Å². The van der Waals surface area contributed by atoms with Gasteiger partial charge in [0.2, 0.25) is 5.91 Å². The van der Waals surface area contributed by atoms with E-state index < -0.39 is 18.5 Å². The molecule has 7 nitrogen and oxygen atoms in total. The summed E-state index contributed by atoms with van der Waals surface area (Å²) in [6.45, 7) is 3.16. The zero-order chi connectivity index (χ0) is 20.8. The van der Waals surface area contributed by atoms with Crippen molar-refractivity contribution in [1.82, 2.24) is 10.3 Å². The molecular formula is C22H23N3O4. The summed E-state index contributed by atoms with van der Waals surface area (Å²) < 4.78 is 5.02. The molecule has 3 rings (SSSR count). The second-order valence-corrected chi connectivity index (χ2v) is 6.79. The number of rotatable bonds is 7. The number of carbonyl (C=O) groups is 3. The number of ether oxygens (including phenoxy) is 1. The smallest absolute Gasteiger partial charge is 0.310 e. The van der Waals surface area contributed by atoms with E-state index in [2.05, 4.69) is 15.6 Å². The normalized spacial score (nSPS) is 10.6. The number of para-hydroxylation sites is 2. The molecule has 3 N–H and O–H groups in total. The second kappa shape index (κ2) is 9.05. The lowest BCUT2D eigenvalue weighted by atomic mass is 10.1. The Kier molecular flexibility index (Phi) is 6.29. The van der Waals surface area contributed by atoms with E-state index in [4.69, 9.17) is 4.74 Å². The highest BCUT2D eigenvalue weighted by Gasteiger charge is 2.13. The number of aryl methyl sites for hydroxylation is 2. The molecule has 0 fully saturated rings. The highest BCUT2D eigenvalue weighted by atomic mass is 16.5. The van der Waals surface area contributed by atoms with Gasteiger partial charge in [-0.2, -0.15) is 0 Å². The van der Waals surface area contributed by atoms with Gasteiger partial charge in [0.15, 0.2) is 6.61 Å². The molecule has 150 valence electrons. The SMILES string of the molecule is Cc1cccc(C)c1NC(=O)CNC(=O)COC(=O)Cc1c[nH]c2ccccc12. The first-order valence-electron chi connectivity index (χ1n) is 9.27. The Bertz CT molecular complexity index is 1030. The van der Waals surface area contributed by atoms with Crippen molar-refractivity contribution in [2.75, 3.05) is 18.5 Å². The Hall–Kier alpha value is -3.61. The fraction of sp³-hybridized carbons (Fsp3) is 0.227. The summed E-state index contributed by atoms with van der Waals surface area (Å²) >= 11 is 0. The Morgan fingerprint density at radius 2 is 1.69 bits per heavy atom. The standard InChI is InChI=1S/C22H23N3O4/c1-14-6-5-7-15(2)22(14)25-19(26)12-24-20(27)13-29-21(28)10-16-11-23-18-9-4-3-8-17(16)18/h3-9,11,23H,10,12-13H2,1-2H3,(H,24,27)(H,25,26). The number of H-pyrrole nitrogens is 1. The first kappa shape index (κ1) is 20.1. The van der Waals surface area contributed by atoms with Crippen molar-refractivity contribution in [3.63, 3.8) is 0 Å². The molecule has 0 saturated carbocycles. The van der Waals surface area contributed by atoms with E-state index in [0.717, 1.165) is 33.3 Å². The highest BCUT2D eigenvalue weighted by molar-refractivity contribution is 5.96. The van der Waals surface area contributed by atoms with Gasteiger partial charge in [-0.1, -0.05) is 36.4 Å². The van der Waals surface area contributed by atoms with Crippen LogP contribution in [0, 0.1) is 13.8 Å². The van der Waals surface area contributed by atoms with Crippen molar-refractivity contribution in [1.29, 1.82) is 0 Å². The molecule has 7 heteroatoms. The molecule has 29 heavy (non-hydrogen) atoms. The fourth-order valence-electron chi connectivity index (χ4n) is 3.06. The van der Waals surface area contributed by atoms with Gasteiger partial charge < -0.3 is 20.4 Å². The number of carbonyl (C=O) groups excluding carboxylic acids is 3. The predicted molar refractivity (Wildman–Crippen MR) is 111 cm³/mol. The number of aromatic amines is 1. The number of benzene rings is 2. The second-order valence-electron chi connectivity index (χ2n) is 6.79. The van der Waals surface area contributed by atoms with E-state index in [-0.39, 0.29) is 18.9 Å². The molecule has 1 heterocycles. The summed E-state index contributed by atoms with van der Waals surface area (Å²) in [5.74, 6) is -1.39. The fourth-order valence-corrected chi connectivity index (χ4v) is 3.06. The molecule has 0 aliphatic heterocycles.